The van der Waals surface area contributed by atoms with Crippen molar-refractivity contribution in [1.29, 1.82) is 0 Å². The van der Waals surface area contributed by atoms with Crippen molar-refractivity contribution in [3.05, 3.63) is 64.2 Å². The third-order valence-electron chi connectivity index (χ3n) is 3.09. The average Bonchev–Trinajstić information content (AvgIpc) is 2.42. The van der Waals surface area contributed by atoms with Gasteiger partial charge in [0.15, 0.2) is 0 Å². The molecule has 0 heterocycles. The first-order valence-corrected chi connectivity index (χ1v) is 6.79. The van der Waals surface area contributed by atoms with Crippen LogP contribution in [0.3, 0.4) is 0 Å². The monoisotopic (exact) mass is 302 g/mol. The average molecular weight is 303 g/mol. The Morgan fingerprint density at radius 3 is 2.57 bits per heavy atom. The smallest absolute Gasteiger partial charge is 0.328 e. The molecular weight excluding hydrogens is 288 g/mol. The molecule has 0 saturated carbocycles. The summed E-state index contributed by atoms with van der Waals surface area (Å²) in [5.41, 5.74) is 2.96. The Labute approximate surface area is 128 Å². The molecule has 1 N–H and O–H groups in total. The quantitative estimate of drug-likeness (QED) is 0.821. The molecule has 2 aromatic rings. The summed E-state index contributed by atoms with van der Waals surface area (Å²) < 4.78 is 5.83. The molecule has 2 rings (SSSR count). The number of rotatable bonds is 4. The summed E-state index contributed by atoms with van der Waals surface area (Å²) in [5, 5.41) is 9.25. The van der Waals surface area contributed by atoms with Crippen molar-refractivity contribution >= 4 is 23.6 Å². The van der Waals surface area contributed by atoms with Crippen LogP contribution in [0.25, 0.3) is 6.08 Å². The Hall–Kier alpha value is -2.26. The van der Waals surface area contributed by atoms with Gasteiger partial charge in [-0.25, -0.2) is 4.79 Å². The van der Waals surface area contributed by atoms with Gasteiger partial charge in [-0.1, -0.05) is 17.7 Å². The lowest BCUT2D eigenvalue weighted by molar-refractivity contribution is -0.131. The van der Waals surface area contributed by atoms with Gasteiger partial charge < -0.3 is 9.84 Å². The van der Waals surface area contributed by atoms with Gasteiger partial charge in [-0.2, -0.15) is 0 Å². The van der Waals surface area contributed by atoms with Gasteiger partial charge in [0.2, 0.25) is 0 Å². The standard InChI is InChI=1S/C17H15ClO3/c1-11-3-7-15(9-12(11)2)21-16-10-14(18)6-4-13(16)5-8-17(19)20/h3-10H,1-2H3,(H,19,20)/b8-5+. The SMILES string of the molecule is Cc1ccc(Oc2cc(Cl)ccc2/C=C/C(=O)O)cc1C. The molecule has 0 unspecified atom stereocenters. The van der Waals surface area contributed by atoms with Crippen molar-refractivity contribution in [3.8, 4) is 11.5 Å². The molecule has 0 amide bonds. The molecule has 0 bridgehead atoms. The van der Waals surface area contributed by atoms with Crippen LogP contribution >= 0.6 is 11.6 Å². The summed E-state index contributed by atoms with van der Waals surface area (Å²) in [4.78, 5) is 10.6. The Morgan fingerprint density at radius 1 is 1.14 bits per heavy atom. The summed E-state index contributed by atoms with van der Waals surface area (Å²) in [6.07, 6.45) is 2.55. The van der Waals surface area contributed by atoms with Gasteiger partial charge in [-0.3, -0.25) is 0 Å². The normalized spacial score (nSPS) is 10.8. The molecule has 0 aromatic heterocycles. The third kappa shape index (κ3) is 4.10. The zero-order valence-corrected chi connectivity index (χ0v) is 12.5. The second-order valence-corrected chi connectivity index (χ2v) is 5.14. The van der Waals surface area contributed by atoms with E-state index in [1.807, 2.05) is 32.0 Å². The number of ether oxygens (including phenoxy) is 1. The Bertz CT molecular complexity index is 705. The van der Waals surface area contributed by atoms with E-state index in [0.717, 1.165) is 11.6 Å². The van der Waals surface area contributed by atoms with Crippen LogP contribution in [0, 0.1) is 13.8 Å². The number of aryl methyl sites for hydroxylation is 2. The highest BCUT2D eigenvalue weighted by atomic mass is 35.5. The van der Waals surface area contributed by atoms with E-state index in [0.29, 0.717) is 22.1 Å². The van der Waals surface area contributed by atoms with E-state index < -0.39 is 5.97 Å². The zero-order chi connectivity index (χ0) is 15.4. The van der Waals surface area contributed by atoms with E-state index in [1.165, 1.54) is 11.6 Å². The largest absolute Gasteiger partial charge is 0.478 e. The fraction of sp³-hybridized carbons (Fsp3) is 0.118. The maximum atomic E-state index is 10.6. The van der Waals surface area contributed by atoms with Crippen molar-refractivity contribution in [2.45, 2.75) is 13.8 Å². The maximum absolute atomic E-state index is 10.6. The number of carboxylic acid groups (broad SMARTS) is 1. The molecule has 0 fully saturated rings. The highest BCUT2D eigenvalue weighted by Crippen LogP contribution is 2.30. The minimum atomic E-state index is -1.01. The summed E-state index contributed by atoms with van der Waals surface area (Å²) in [5.74, 6) is 0.190. The summed E-state index contributed by atoms with van der Waals surface area (Å²) in [6.45, 7) is 4.03. The number of aliphatic carboxylic acids is 1. The molecule has 0 aliphatic carbocycles. The molecule has 4 heteroatoms. The molecule has 0 aliphatic rings. The molecular formula is C17H15ClO3. The number of halogens is 1. The molecule has 21 heavy (non-hydrogen) atoms. The van der Waals surface area contributed by atoms with Crippen LogP contribution in [0.4, 0.5) is 0 Å². The molecule has 0 aliphatic heterocycles. The van der Waals surface area contributed by atoms with Crippen molar-refractivity contribution in [1.82, 2.24) is 0 Å². The van der Waals surface area contributed by atoms with E-state index in [1.54, 1.807) is 18.2 Å². The van der Waals surface area contributed by atoms with Crippen LogP contribution in [0.5, 0.6) is 11.5 Å². The third-order valence-corrected chi connectivity index (χ3v) is 3.32. The van der Waals surface area contributed by atoms with E-state index in [-0.39, 0.29) is 0 Å². The van der Waals surface area contributed by atoms with E-state index in [9.17, 15) is 4.79 Å². The lowest BCUT2D eigenvalue weighted by atomic mass is 10.1. The van der Waals surface area contributed by atoms with Gasteiger partial charge in [0.25, 0.3) is 0 Å². The molecule has 108 valence electrons. The number of hydrogen-bond donors (Lipinski definition) is 1. The van der Waals surface area contributed by atoms with Crippen molar-refractivity contribution < 1.29 is 14.6 Å². The minimum absolute atomic E-state index is 0.517. The fourth-order valence-corrected chi connectivity index (χ4v) is 1.96. The lowest BCUT2D eigenvalue weighted by Gasteiger charge is -2.11. The number of benzene rings is 2. The van der Waals surface area contributed by atoms with Gasteiger partial charge in [0.05, 0.1) is 0 Å². The van der Waals surface area contributed by atoms with Crippen LogP contribution < -0.4 is 4.74 Å². The Morgan fingerprint density at radius 2 is 1.90 bits per heavy atom. The first kappa shape index (κ1) is 15.1. The van der Waals surface area contributed by atoms with Crippen LogP contribution in [0.1, 0.15) is 16.7 Å². The van der Waals surface area contributed by atoms with Crippen molar-refractivity contribution in [2.24, 2.45) is 0 Å². The van der Waals surface area contributed by atoms with Crippen LogP contribution in [-0.2, 0) is 4.79 Å². The second kappa shape index (κ2) is 6.46. The molecule has 0 saturated heterocycles. The predicted molar refractivity (Wildman–Crippen MR) is 84.1 cm³/mol. The molecule has 0 radical (unpaired) electrons. The van der Waals surface area contributed by atoms with E-state index in [2.05, 4.69) is 0 Å². The summed E-state index contributed by atoms with van der Waals surface area (Å²) in [7, 11) is 0. The minimum Gasteiger partial charge on any atom is -0.478 e. The predicted octanol–water partition coefficient (Wildman–Crippen LogP) is 4.85. The van der Waals surface area contributed by atoms with Crippen LogP contribution in [-0.4, -0.2) is 11.1 Å². The molecule has 2 aromatic carbocycles. The fourth-order valence-electron chi connectivity index (χ4n) is 1.80. The van der Waals surface area contributed by atoms with Gasteiger partial charge in [-0.15, -0.1) is 0 Å². The highest BCUT2D eigenvalue weighted by molar-refractivity contribution is 6.30. The first-order chi connectivity index (χ1) is 9.95. The van der Waals surface area contributed by atoms with Crippen LogP contribution in [0.2, 0.25) is 5.02 Å². The molecule has 0 atom stereocenters. The van der Waals surface area contributed by atoms with E-state index in [4.69, 9.17) is 21.4 Å². The summed E-state index contributed by atoms with van der Waals surface area (Å²) >= 11 is 5.98. The van der Waals surface area contributed by atoms with Crippen molar-refractivity contribution in [2.75, 3.05) is 0 Å². The van der Waals surface area contributed by atoms with Crippen molar-refractivity contribution in [3.63, 3.8) is 0 Å². The Balaban J connectivity index is 2.35. The Kier molecular flexibility index (Phi) is 4.66. The number of carbonyl (C=O) groups is 1. The van der Waals surface area contributed by atoms with Gasteiger partial charge >= 0.3 is 5.97 Å². The summed E-state index contributed by atoms with van der Waals surface area (Å²) in [6, 6.07) is 10.9. The zero-order valence-electron chi connectivity index (χ0n) is 11.8. The molecule has 0 spiro atoms. The first-order valence-electron chi connectivity index (χ1n) is 6.41. The highest BCUT2D eigenvalue weighted by Gasteiger charge is 2.06. The topological polar surface area (TPSA) is 46.5 Å². The maximum Gasteiger partial charge on any atom is 0.328 e. The lowest BCUT2D eigenvalue weighted by Crippen LogP contribution is -1.91. The second-order valence-electron chi connectivity index (χ2n) is 4.70. The van der Waals surface area contributed by atoms with Crippen LogP contribution in [0.15, 0.2) is 42.5 Å². The van der Waals surface area contributed by atoms with E-state index >= 15 is 0 Å². The van der Waals surface area contributed by atoms with Gasteiger partial charge in [0.1, 0.15) is 11.5 Å². The number of carboxylic acids is 1. The molecule has 3 nitrogen and oxygen atoms in total. The van der Waals surface area contributed by atoms with Gasteiger partial charge in [0, 0.05) is 22.7 Å². The number of hydrogen-bond acceptors (Lipinski definition) is 2. The van der Waals surface area contributed by atoms with Gasteiger partial charge in [-0.05, 0) is 55.3 Å².